The number of hydrogen-bond acceptors (Lipinski definition) is 2. The zero-order valence-electron chi connectivity index (χ0n) is 11.4. The highest BCUT2D eigenvalue weighted by Gasteiger charge is 2.07. The molecular formula is C17H17NOS. The molecule has 3 heteroatoms. The van der Waals surface area contributed by atoms with Gasteiger partial charge in [-0.15, -0.1) is 11.8 Å². The molecule has 102 valence electrons. The molecule has 0 saturated heterocycles. The number of carbonyl (C=O) groups excluding carboxylic acids is 1. The van der Waals surface area contributed by atoms with Crippen molar-refractivity contribution in [2.24, 2.45) is 0 Å². The smallest absolute Gasteiger partial charge is 0.247 e. The second-order valence-corrected chi connectivity index (χ2v) is 5.80. The largest absolute Gasteiger partial charge is 0.323 e. The molecule has 0 aromatic heterocycles. The zero-order valence-corrected chi connectivity index (χ0v) is 12.2. The van der Waals surface area contributed by atoms with Gasteiger partial charge in [0.15, 0.2) is 0 Å². The summed E-state index contributed by atoms with van der Waals surface area (Å²) in [6, 6.07) is 18.2. The van der Waals surface area contributed by atoms with Crippen molar-refractivity contribution >= 4 is 23.4 Å². The van der Waals surface area contributed by atoms with Crippen LogP contribution in [0.4, 0.5) is 5.69 Å². The Labute approximate surface area is 123 Å². The predicted molar refractivity (Wildman–Crippen MR) is 86.0 cm³/mol. The van der Waals surface area contributed by atoms with Crippen LogP contribution in [0.25, 0.3) is 0 Å². The molecule has 0 aliphatic carbocycles. The summed E-state index contributed by atoms with van der Waals surface area (Å²) in [5.74, 6) is -0.190. The maximum Gasteiger partial charge on any atom is 0.247 e. The van der Waals surface area contributed by atoms with E-state index in [1.165, 1.54) is 16.5 Å². The van der Waals surface area contributed by atoms with Crippen LogP contribution in [0, 0.1) is 0 Å². The molecule has 1 amide bonds. The van der Waals surface area contributed by atoms with E-state index >= 15 is 0 Å². The lowest BCUT2D eigenvalue weighted by Gasteiger charge is -2.12. The van der Waals surface area contributed by atoms with Crippen LogP contribution in [-0.4, -0.2) is 5.91 Å². The molecule has 0 radical (unpaired) electrons. The average Bonchev–Trinajstić information content (AvgIpc) is 2.49. The van der Waals surface area contributed by atoms with E-state index in [9.17, 15) is 4.79 Å². The number of hydrogen-bond donors (Lipinski definition) is 1. The maximum atomic E-state index is 11.2. The van der Waals surface area contributed by atoms with Gasteiger partial charge in [0.25, 0.3) is 0 Å². The Hall–Kier alpha value is -2.00. The van der Waals surface area contributed by atoms with Crippen LogP contribution in [0.15, 0.2) is 72.1 Å². The summed E-state index contributed by atoms with van der Waals surface area (Å²) in [6.07, 6.45) is 1.27. The van der Waals surface area contributed by atoms with E-state index in [1.54, 1.807) is 0 Å². The summed E-state index contributed by atoms with van der Waals surface area (Å²) in [5, 5.41) is 3.11. The Balaban J connectivity index is 2.02. The first kappa shape index (κ1) is 14.4. The van der Waals surface area contributed by atoms with Crippen molar-refractivity contribution in [1.82, 2.24) is 0 Å². The molecule has 1 N–H and O–H groups in total. The highest BCUT2D eigenvalue weighted by atomic mass is 32.2. The minimum atomic E-state index is -0.190. The molecular weight excluding hydrogens is 266 g/mol. The Morgan fingerprint density at radius 2 is 1.80 bits per heavy atom. The Morgan fingerprint density at radius 3 is 2.40 bits per heavy atom. The molecule has 2 aromatic rings. The van der Waals surface area contributed by atoms with Gasteiger partial charge in [-0.2, -0.15) is 0 Å². The zero-order chi connectivity index (χ0) is 14.4. The van der Waals surface area contributed by atoms with E-state index in [4.69, 9.17) is 0 Å². The van der Waals surface area contributed by atoms with Crippen LogP contribution in [-0.2, 0) is 4.79 Å². The third-order valence-corrected chi connectivity index (χ3v) is 4.06. The molecule has 0 heterocycles. The average molecular weight is 283 g/mol. The lowest BCUT2D eigenvalue weighted by atomic mass is 10.1. The summed E-state index contributed by atoms with van der Waals surface area (Å²) >= 11 is 1.82. The van der Waals surface area contributed by atoms with Crippen molar-refractivity contribution in [2.45, 2.75) is 17.1 Å². The van der Waals surface area contributed by atoms with Gasteiger partial charge in [0.1, 0.15) is 0 Å². The van der Waals surface area contributed by atoms with Crippen molar-refractivity contribution in [3.05, 3.63) is 72.8 Å². The molecule has 0 aliphatic heterocycles. The Morgan fingerprint density at radius 1 is 1.15 bits per heavy atom. The van der Waals surface area contributed by atoms with Crippen LogP contribution >= 0.6 is 11.8 Å². The SMILES string of the molecule is C=CC(=O)Nc1ccc(C(C)Sc2ccccc2)cc1. The lowest BCUT2D eigenvalue weighted by molar-refractivity contribution is -0.111. The molecule has 20 heavy (non-hydrogen) atoms. The topological polar surface area (TPSA) is 29.1 Å². The van der Waals surface area contributed by atoms with Crippen LogP contribution in [0.3, 0.4) is 0 Å². The van der Waals surface area contributed by atoms with Gasteiger partial charge in [-0.3, -0.25) is 4.79 Å². The summed E-state index contributed by atoms with van der Waals surface area (Å²) in [5.41, 5.74) is 2.02. The highest BCUT2D eigenvalue weighted by molar-refractivity contribution is 7.99. The first-order valence-electron chi connectivity index (χ1n) is 6.44. The summed E-state index contributed by atoms with van der Waals surface area (Å²) in [4.78, 5) is 12.5. The lowest BCUT2D eigenvalue weighted by Crippen LogP contribution is -2.07. The minimum Gasteiger partial charge on any atom is -0.323 e. The van der Waals surface area contributed by atoms with Gasteiger partial charge >= 0.3 is 0 Å². The van der Waals surface area contributed by atoms with Gasteiger partial charge in [0.05, 0.1) is 0 Å². The fraction of sp³-hybridized carbons (Fsp3) is 0.118. The van der Waals surface area contributed by atoms with Gasteiger partial charge < -0.3 is 5.32 Å². The standard InChI is InChI=1S/C17H17NOS/c1-3-17(19)18-15-11-9-14(10-12-15)13(2)20-16-7-5-4-6-8-16/h3-13H,1H2,2H3,(H,18,19). The molecule has 0 bridgehead atoms. The van der Waals surface area contributed by atoms with Gasteiger partial charge in [0.2, 0.25) is 5.91 Å². The summed E-state index contributed by atoms with van der Waals surface area (Å²) in [6.45, 7) is 5.61. The number of nitrogens with one attached hydrogen (secondary N) is 1. The molecule has 0 spiro atoms. The number of amides is 1. The van der Waals surface area contributed by atoms with Gasteiger partial charge in [-0.05, 0) is 42.8 Å². The molecule has 0 fully saturated rings. The molecule has 1 atom stereocenters. The quantitative estimate of drug-likeness (QED) is 0.638. The maximum absolute atomic E-state index is 11.2. The third kappa shape index (κ3) is 4.00. The van der Waals surface area contributed by atoms with E-state index in [1.807, 2.05) is 54.2 Å². The van der Waals surface area contributed by atoms with Crippen LogP contribution in [0.2, 0.25) is 0 Å². The molecule has 0 aliphatic rings. The number of benzene rings is 2. The number of rotatable bonds is 5. The molecule has 2 nitrogen and oxygen atoms in total. The van der Waals surface area contributed by atoms with Crippen molar-refractivity contribution in [1.29, 1.82) is 0 Å². The van der Waals surface area contributed by atoms with E-state index in [0.29, 0.717) is 5.25 Å². The second-order valence-electron chi connectivity index (χ2n) is 4.39. The fourth-order valence-electron chi connectivity index (χ4n) is 1.80. The number of carbonyl (C=O) groups is 1. The Kier molecular flexibility index (Phi) is 5.02. The predicted octanol–water partition coefficient (Wildman–Crippen LogP) is 4.66. The minimum absolute atomic E-state index is 0.190. The van der Waals surface area contributed by atoms with E-state index in [2.05, 4.69) is 31.0 Å². The number of anilines is 1. The second kappa shape index (κ2) is 6.96. The first-order valence-corrected chi connectivity index (χ1v) is 7.32. The Bertz CT molecular complexity index is 578. The van der Waals surface area contributed by atoms with Crippen LogP contribution in [0.5, 0.6) is 0 Å². The highest BCUT2D eigenvalue weighted by Crippen LogP contribution is 2.34. The van der Waals surface area contributed by atoms with Crippen molar-refractivity contribution in [3.63, 3.8) is 0 Å². The van der Waals surface area contributed by atoms with Gasteiger partial charge in [0, 0.05) is 15.8 Å². The van der Waals surface area contributed by atoms with Crippen LogP contribution in [0.1, 0.15) is 17.7 Å². The van der Waals surface area contributed by atoms with Gasteiger partial charge in [-0.25, -0.2) is 0 Å². The van der Waals surface area contributed by atoms with E-state index in [0.717, 1.165) is 5.69 Å². The molecule has 2 rings (SSSR count). The summed E-state index contributed by atoms with van der Waals surface area (Å²) in [7, 11) is 0. The van der Waals surface area contributed by atoms with Crippen LogP contribution < -0.4 is 5.32 Å². The van der Waals surface area contributed by atoms with Crippen molar-refractivity contribution in [3.8, 4) is 0 Å². The van der Waals surface area contributed by atoms with E-state index in [-0.39, 0.29) is 5.91 Å². The number of thioether (sulfide) groups is 1. The molecule has 1 unspecified atom stereocenters. The van der Waals surface area contributed by atoms with E-state index < -0.39 is 0 Å². The fourth-order valence-corrected chi connectivity index (χ4v) is 2.82. The monoisotopic (exact) mass is 283 g/mol. The summed E-state index contributed by atoms with van der Waals surface area (Å²) < 4.78 is 0. The molecule has 0 saturated carbocycles. The normalized spacial score (nSPS) is 11.7. The van der Waals surface area contributed by atoms with Gasteiger partial charge in [-0.1, -0.05) is 36.9 Å². The third-order valence-electron chi connectivity index (χ3n) is 2.89. The van der Waals surface area contributed by atoms with Crippen molar-refractivity contribution < 1.29 is 4.79 Å². The first-order chi connectivity index (χ1) is 9.69. The van der Waals surface area contributed by atoms with Crippen molar-refractivity contribution in [2.75, 3.05) is 5.32 Å². The molecule has 2 aromatic carbocycles.